The van der Waals surface area contributed by atoms with E-state index in [2.05, 4.69) is 21.2 Å². The highest BCUT2D eigenvalue weighted by molar-refractivity contribution is 9.10. The third-order valence-electron chi connectivity index (χ3n) is 2.74. The number of benzene rings is 2. The largest absolute Gasteiger partial charge is 0.450 e. The number of amides is 1. The first kappa shape index (κ1) is 15.7. The molecule has 0 spiro atoms. The Morgan fingerprint density at radius 3 is 2.62 bits per heavy atom. The van der Waals surface area contributed by atoms with Crippen molar-refractivity contribution in [3.63, 3.8) is 0 Å². The van der Waals surface area contributed by atoms with Gasteiger partial charge in [-0.3, -0.25) is 4.79 Å². The van der Waals surface area contributed by atoms with Crippen molar-refractivity contribution in [3.05, 3.63) is 58.6 Å². The molecule has 0 aliphatic rings. The lowest BCUT2D eigenvalue weighted by molar-refractivity contribution is -0.115. The number of para-hydroxylation sites is 1. The van der Waals surface area contributed by atoms with Crippen LogP contribution in [0.2, 0.25) is 0 Å². The SMILES string of the molecule is Cc1cc(Br)ccc1NC(=O)CC(=S)Oc1ccccc1. The number of anilines is 1. The number of carbonyl (C=O) groups is 1. The van der Waals surface area contributed by atoms with Gasteiger partial charge in [-0.25, -0.2) is 0 Å². The normalized spacial score (nSPS) is 10.0. The Hall–Kier alpha value is -1.72. The van der Waals surface area contributed by atoms with Crippen LogP contribution >= 0.6 is 28.1 Å². The number of hydrogen-bond acceptors (Lipinski definition) is 3. The maximum absolute atomic E-state index is 12.0. The second-order valence-corrected chi connectivity index (χ2v) is 5.84. The van der Waals surface area contributed by atoms with Gasteiger partial charge >= 0.3 is 0 Å². The lowest BCUT2D eigenvalue weighted by atomic mass is 10.2. The molecule has 0 atom stereocenters. The Balaban J connectivity index is 1.91. The maximum atomic E-state index is 12.0. The monoisotopic (exact) mass is 363 g/mol. The van der Waals surface area contributed by atoms with E-state index >= 15 is 0 Å². The molecule has 21 heavy (non-hydrogen) atoms. The van der Waals surface area contributed by atoms with Crippen LogP contribution in [0, 0.1) is 6.92 Å². The minimum atomic E-state index is -0.193. The summed E-state index contributed by atoms with van der Waals surface area (Å²) in [4.78, 5) is 12.0. The van der Waals surface area contributed by atoms with E-state index in [0.29, 0.717) is 5.75 Å². The summed E-state index contributed by atoms with van der Waals surface area (Å²) in [7, 11) is 0. The van der Waals surface area contributed by atoms with Gasteiger partial charge in [0.1, 0.15) is 5.75 Å². The molecule has 0 fully saturated rings. The Kier molecular flexibility index (Phi) is 5.47. The van der Waals surface area contributed by atoms with E-state index in [-0.39, 0.29) is 17.4 Å². The van der Waals surface area contributed by atoms with Gasteiger partial charge in [-0.05, 0) is 55.0 Å². The quantitative estimate of drug-likeness (QED) is 0.813. The third kappa shape index (κ3) is 4.95. The molecule has 108 valence electrons. The summed E-state index contributed by atoms with van der Waals surface area (Å²) in [6.07, 6.45) is 0.0414. The minimum absolute atomic E-state index is 0.0414. The van der Waals surface area contributed by atoms with Crippen LogP contribution in [0.25, 0.3) is 0 Å². The standard InChI is InChI=1S/C16H14BrNO2S/c1-11-9-12(17)7-8-14(11)18-15(19)10-16(21)20-13-5-3-2-4-6-13/h2-9H,10H2,1H3,(H,18,19). The molecule has 3 nitrogen and oxygen atoms in total. The zero-order valence-corrected chi connectivity index (χ0v) is 13.8. The molecule has 0 unspecified atom stereocenters. The zero-order valence-electron chi connectivity index (χ0n) is 11.4. The van der Waals surface area contributed by atoms with Crippen LogP contribution in [0.15, 0.2) is 53.0 Å². The molecule has 0 radical (unpaired) electrons. The van der Waals surface area contributed by atoms with Crippen molar-refractivity contribution < 1.29 is 9.53 Å². The molecule has 1 N–H and O–H groups in total. The van der Waals surface area contributed by atoms with Crippen molar-refractivity contribution in [2.75, 3.05) is 5.32 Å². The first-order valence-electron chi connectivity index (χ1n) is 6.36. The van der Waals surface area contributed by atoms with E-state index in [1.54, 1.807) is 12.1 Å². The fraction of sp³-hybridized carbons (Fsp3) is 0.125. The topological polar surface area (TPSA) is 38.3 Å². The van der Waals surface area contributed by atoms with Crippen LogP contribution in [0.4, 0.5) is 5.69 Å². The second kappa shape index (κ2) is 7.33. The molecule has 0 saturated carbocycles. The van der Waals surface area contributed by atoms with Gasteiger partial charge in [-0.2, -0.15) is 0 Å². The number of hydrogen-bond donors (Lipinski definition) is 1. The van der Waals surface area contributed by atoms with Crippen LogP contribution in [0.5, 0.6) is 5.75 Å². The molecule has 2 rings (SSSR count). The number of carbonyl (C=O) groups excluding carboxylic acids is 1. The summed E-state index contributed by atoms with van der Waals surface area (Å²) in [6.45, 7) is 1.93. The number of aryl methyl sites for hydroxylation is 1. The number of rotatable bonds is 4. The lowest BCUT2D eigenvalue weighted by Crippen LogP contribution is -2.19. The molecule has 2 aromatic rings. The Morgan fingerprint density at radius 1 is 1.24 bits per heavy atom. The fourth-order valence-electron chi connectivity index (χ4n) is 1.75. The van der Waals surface area contributed by atoms with E-state index < -0.39 is 0 Å². The Morgan fingerprint density at radius 2 is 1.95 bits per heavy atom. The van der Waals surface area contributed by atoms with Gasteiger partial charge in [0.15, 0.2) is 5.05 Å². The van der Waals surface area contributed by atoms with Gasteiger partial charge in [-0.15, -0.1) is 0 Å². The molecule has 0 aliphatic carbocycles. The predicted molar refractivity (Wildman–Crippen MR) is 91.8 cm³/mol. The molecule has 0 heterocycles. The number of halogens is 1. The van der Waals surface area contributed by atoms with Crippen LogP contribution < -0.4 is 10.1 Å². The molecule has 0 bridgehead atoms. The van der Waals surface area contributed by atoms with Gasteiger partial charge in [0.2, 0.25) is 5.91 Å². The summed E-state index contributed by atoms with van der Waals surface area (Å²) in [5, 5.41) is 3.07. The van der Waals surface area contributed by atoms with Crippen molar-refractivity contribution in [1.29, 1.82) is 0 Å². The van der Waals surface area contributed by atoms with Crippen molar-refractivity contribution in [2.45, 2.75) is 13.3 Å². The van der Waals surface area contributed by atoms with Crippen LogP contribution in [0.3, 0.4) is 0 Å². The summed E-state index contributed by atoms with van der Waals surface area (Å²) < 4.78 is 6.41. The van der Waals surface area contributed by atoms with Gasteiger partial charge in [0.05, 0.1) is 6.42 Å². The van der Waals surface area contributed by atoms with E-state index in [1.165, 1.54) is 0 Å². The highest BCUT2D eigenvalue weighted by atomic mass is 79.9. The minimum Gasteiger partial charge on any atom is -0.450 e. The van der Waals surface area contributed by atoms with Gasteiger partial charge in [-0.1, -0.05) is 34.1 Å². The Bertz CT molecular complexity index is 659. The van der Waals surface area contributed by atoms with Crippen molar-refractivity contribution in [2.24, 2.45) is 0 Å². The summed E-state index contributed by atoms with van der Waals surface area (Å²) in [5.41, 5.74) is 1.75. The summed E-state index contributed by atoms with van der Waals surface area (Å²) in [6, 6.07) is 14.8. The molecular formula is C16H14BrNO2S. The van der Waals surface area contributed by atoms with Crippen molar-refractivity contribution in [1.82, 2.24) is 0 Å². The fourth-order valence-corrected chi connectivity index (χ4v) is 2.45. The van der Waals surface area contributed by atoms with Crippen molar-refractivity contribution >= 4 is 44.8 Å². The van der Waals surface area contributed by atoms with E-state index in [0.717, 1.165) is 15.7 Å². The number of nitrogens with one attached hydrogen (secondary N) is 1. The molecule has 2 aromatic carbocycles. The number of ether oxygens (including phenoxy) is 1. The molecule has 1 amide bonds. The molecule has 0 aromatic heterocycles. The number of thiocarbonyl (C=S) groups is 1. The van der Waals surface area contributed by atoms with Gasteiger partial charge in [0, 0.05) is 10.2 Å². The van der Waals surface area contributed by atoms with E-state index in [4.69, 9.17) is 17.0 Å². The summed E-state index contributed by atoms with van der Waals surface area (Å²) >= 11 is 8.48. The maximum Gasteiger partial charge on any atom is 0.232 e. The van der Waals surface area contributed by atoms with Crippen LogP contribution in [-0.2, 0) is 4.79 Å². The molecular weight excluding hydrogens is 350 g/mol. The van der Waals surface area contributed by atoms with E-state index in [9.17, 15) is 4.79 Å². The Labute approximate surface area is 137 Å². The smallest absolute Gasteiger partial charge is 0.232 e. The van der Waals surface area contributed by atoms with E-state index in [1.807, 2.05) is 43.3 Å². The highest BCUT2D eigenvalue weighted by Gasteiger charge is 2.10. The van der Waals surface area contributed by atoms with Crippen LogP contribution in [-0.4, -0.2) is 11.0 Å². The zero-order chi connectivity index (χ0) is 15.2. The molecule has 0 saturated heterocycles. The highest BCUT2D eigenvalue weighted by Crippen LogP contribution is 2.20. The predicted octanol–water partition coefficient (Wildman–Crippen LogP) is 4.49. The molecule has 5 heteroatoms. The van der Waals surface area contributed by atoms with Crippen molar-refractivity contribution in [3.8, 4) is 5.75 Å². The summed E-state index contributed by atoms with van der Waals surface area (Å²) in [5.74, 6) is 0.441. The third-order valence-corrected chi connectivity index (χ3v) is 3.46. The second-order valence-electron chi connectivity index (χ2n) is 4.47. The lowest BCUT2D eigenvalue weighted by Gasteiger charge is -2.10. The molecule has 0 aliphatic heterocycles. The van der Waals surface area contributed by atoms with Crippen LogP contribution in [0.1, 0.15) is 12.0 Å². The van der Waals surface area contributed by atoms with Gasteiger partial charge in [0.25, 0.3) is 0 Å². The first-order chi connectivity index (χ1) is 10.0. The average molecular weight is 364 g/mol. The van der Waals surface area contributed by atoms with Gasteiger partial charge < -0.3 is 10.1 Å². The first-order valence-corrected chi connectivity index (χ1v) is 7.56. The average Bonchev–Trinajstić information content (AvgIpc) is 2.43.